The van der Waals surface area contributed by atoms with Gasteiger partial charge in [-0.3, -0.25) is 0 Å². The van der Waals surface area contributed by atoms with E-state index in [0.29, 0.717) is 11.5 Å². The molecule has 24 heavy (non-hydrogen) atoms. The van der Waals surface area contributed by atoms with E-state index in [2.05, 4.69) is 51.6 Å². The summed E-state index contributed by atoms with van der Waals surface area (Å²) in [6.07, 6.45) is 5.33. The van der Waals surface area contributed by atoms with Crippen molar-refractivity contribution in [3.05, 3.63) is 75.3 Å². The number of carboxylic acids is 1. The molecule has 0 fully saturated rings. The van der Waals surface area contributed by atoms with Crippen LogP contribution in [0.5, 0.6) is 0 Å². The molecule has 122 valence electrons. The molecule has 0 amide bonds. The van der Waals surface area contributed by atoms with Crippen LogP contribution in [0.3, 0.4) is 0 Å². The Morgan fingerprint density at radius 1 is 1.29 bits per heavy atom. The van der Waals surface area contributed by atoms with Crippen molar-refractivity contribution < 1.29 is 9.90 Å². The van der Waals surface area contributed by atoms with Gasteiger partial charge in [-0.2, -0.15) is 0 Å². The number of rotatable bonds is 2. The highest BCUT2D eigenvalue weighted by atomic mass is 79.9. The van der Waals surface area contributed by atoms with E-state index >= 15 is 0 Å². The summed E-state index contributed by atoms with van der Waals surface area (Å²) < 4.78 is 1.06. The number of hydrogen-bond donors (Lipinski definition) is 2. The van der Waals surface area contributed by atoms with Gasteiger partial charge in [0, 0.05) is 16.1 Å². The first kappa shape index (κ1) is 15.5. The number of anilines is 1. The zero-order valence-corrected chi connectivity index (χ0v) is 14.9. The first-order chi connectivity index (χ1) is 11.6. The van der Waals surface area contributed by atoms with Gasteiger partial charge in [-0.1, -0.05) is 46.3 Å². The molecule has 3 nitrogen and oxygen atoms in total. The van der Waals surface area contributed by atoms with Crippen LogP contribution in [0.2, 0.25) is 0 Å². The zero-order chi connectivity index (χ0) is 16.8. The SMILES string of the molecule is Cc1ccc(C(=O)O)c2c1N[C@@H](c1cccc(Br)c1)[C@H]1CC=C[C@@H]21. The molecule has 0 saturated carbocycles. The molecule has 4 rings (SSSR count). The fourth-order valence-electron chi connectivity index (χ4n) is 4.07. The second-order valence-electron chi connectivity index (χ2n) is 6.55. The van der Waals surface area contributed by atoms with Gasteiger partial charge in [-0.05, 0) is 54.2 Å². The summed E-state index contributed by atoms with van der Waals surface area (Å²) in [4.78, 5) is 11.7. The molecule has 1 heterocycles. The van der Waals surface area contributed by atoms with E-state index < -0.39 is 5.97 Å². The van der Waals surface area contributed by atoms with Crippen LogP contribution in [-0.4, -0.2) is 11.1 Å². The van der Waals surface area contributed by atoms with Gasteiger partial charge in [-0.25, -0.2) is 4.79 Å². The summed E-state index contributed by atoms with van der Waals surface area (Å²) in [7, 11) is 0. The van der Waals surface area contributed by atoms with Crippen LogP contribution in [-0.2, 0) is 0 Å². The molecule has 1 aliphatic carbocycles. The number of benzene rings is 2. The van der Waals surface area contributed by atoms with Crippen LogP contribution in [0.15, 0.2) is 53.0 Å². The number of nitrogens with one attached hydrogen (secondary N) is 1. The lowest BCUT2D eigenvalue weighted by molar-refractivity contribution is 0.0695. The quantitative estimate of drug-likeness (QED) is 0.693. The van der Waals surface area contributed by atoms with E-state index in [1.165, 1.54) is 5.56 Å². The molecule has 3 atom stereocenters. The molecule has 4 heteroatoms. The van der Waals surface area contributed by atoms with E-state index in [-0.39, 0.29) is 12.0 Å². The maximum Gasteiger partial charge on any atom is 0.336 e. The lowest BCUT2D eigenvalue weighted by atomic mass is 9.75. The summed E-state index contributed by atoms with van der Waals surface area (Å²) in [5.74, 6) is -0.365. The molecule has 2 aliphatic rings. The van der Waals surface area contributed by atoms with Crippen molar-refractivity contribution in [2.24, 2.45) is 5.92 Å². The molecule has 0 saturated heterocycles. The number of hydrogen-bond acceptors (Lipinski definition) is 2. The number of aromatic carboxylic acids is 1. The highest BCUT2D eigenvalue weighted by molar-refractivity contribution is 9.10. The van der Waals surface area contributed by atoms with Crippen LogP contribution in [0.4, 0.5) is 5.69 Å². The van der Waals surface area contributed by atoms with Gasteiger partial charge in [0.1, 0.15) is 0 Å². The van der Waals surface area contributed by atoms with Gasteiger partial charge in [0.15, 0.2) is 0 Å². The summed E-state index contributed by atoms with van der Waals surface area (Å²) >= 11 is 3.56. The third-order valence-corrected chi connectivity index (χ3v) is 5.66. The second-order valence-corrected chi connectivity index (χ2v) is 7.47. The van der Waals surface area contributed by atoms with Crippen molar-refractivity contribution in [2.75, 3.05) is 5.32 Å². The highest BCUT2D eigenvalue weighted by Gasteiger charge is 2.40. The topological polar surface area (TPSA) is 49.3 Å². The minimum absolute atomic E-state index is 0.149. The Balaban J connectivity index is 1.88. The molecule has 0 radical (unpaired) electrons. The normalized spacial score (nSPS) is 24.2. The number of carbonyl (C=O) groups is 1. The highest BCUT2D eigenvalue weighted by Crippen LogP contribution is 2.51. The number of allylic oxidation sites excluding steroid dienone is 2. The summed E-state index contributed by atoms with van der Waals surface area (Å²) in [5.41, 5.74) is 4.65. The van der Waals surface area contributed by atoms with Crippen LogP contribution >= 0.6 is 15.9 Å². The van der Waals surface area contributed by atoms with Crippen molar-refractivity contribution in [3.8, 4) is 0 Å². The summed E-state index contributed by atoms with van der Waals surface area (Å²) in [5, 5.41) is 13.3. The average Bonchev–Trinajstić information content (AvgIpc) is 3.04. The Hall–Kier alpha value is -2.07. The molecule has 2 aromatic carbocycles. The van der Waals surface area contributed by atoms with Gasteiger partial charge < -0.3 is 10.4 Å². The molecule has 0 spiro atoms. The Morgan fingerprint density at radius 3 is 2.88 bits per heavy atom. The van der Waals surface area contributed by atoms with Crippen molar-refractivity contribution in [3.63, 3.8) is 0 Å². The van der Waals surface area contributed by atoms with Crippen LogP contribution < -0.4 is 5.32 Å². The predicted octanol–water partition coefficient (Wildman–Crippen LogP) is 5.28. The van der Waals surface area contributed by atoms with Gasteiger partial charge >= 0.3 is 5.97 Å². The summed E-state index contributed by atoms with van der Waals surface area (Å²) in [6, 6.07) is 12.2. The molecule has 0 bridgehead atoms. The molecule has 2 aromatic rings. The van der Waals surface area contributed by atoms with Gasteiger partial charge in [0.25, 0.3) is 0 Å². The second kappa shape index (κ2) is 5.78. The monoisotopic (exact) mass is 383 g/mol. The maximum absolute atomic E-state index is 11.7. The van der Waals surface area contributed by atoms with Crippen LogP contribution in [0.25, 0.3) is 0 Å². The lowest BCUT2D eigenvalue weighted by Crippen LogP contribution is -2.31. The molecular weight excluding hydrogens is 366 g/mol. The lowest BCUT2D eigenvalue weighted by Gasteiger charge is -2.39. The van der Waals surface area contributed by atoms with Gasteiger partial charge in [0.2, 0.25) is 0 Å². The van der Waals surface area contributed by atoms with Crippen molar-refractivity contribution in [2.45, 2.75) is 25.3 Å². The van der Waals surface area contributed by atoms with Crippen molar-refractivity contribution >= 4 is 27.6 Å². The Bertz CT molecular complexity index is 859. The number of aryl methyl sites for hydroxylation is 1. The first-order valence-electron chi connectivity index (χ1n) is 8.11. The minimum Gasteiger partial charge on any atom is -0.478 e. The van der Waals surface area contributed by atoms with Gasteiger partial charge in [0.05, 0.1) is 11.6 Å². The first-order valence-corrected chi connectivity index (χ1v) is 8.91. The van der Waals surface area contributed by atoms with Crippen LogP contribution in [0, 0.1) is 12.8 Å². The fraction of sp³-hybridized carbons (Fsp3) is 0.250. The molecule has 2 N–H and O–H groups in total. The minimum atomic E-state index is -0.854. The molecule has 0 aromatic heterocycles. The van der Waals surface area contributed by atoms with Crippen molar-refractivity contribution in [1.29, 1.82) is 0 Å². The van der Waals surface area contributed by atoms with E-state index in [0.717, 1.165) is 27.7 Å². The number of carboxylic acid groups (broad SMARTS) is 1. The van der Waals surface area contributed by atoms with E-state index in [4.69, 9.17) is 0 Å². The fourth-order valence-corrected chi connectivity index (χ4v) is 4.49. The predicted molar refractivity (Wildman–Crippen MR) is 98.6 cm³/mol. The number of halogens is 1. The Kier molecular flexibility index (Phi) is 3.72. The summed E-state index contributed by atoms with van der Waals surface area (Å²) in [6.45, 7) is 2.04. The molecule has 1 aliphatic heterocycles. The molecular formula is C20H18BrNO2. The Morgan fingerprint density at radius 2 is 2.12 bits per heavy atom. The smallest absolute Gasteiger partial charge is 0.336 e. The largest absolute Gasteiger partial charge is 0.478 e. The third kappa shape index (κ3) is 2.37. The molecule has 0 unspecified atom stereocenters. The number of fused-ring (bicyclic) bond motifs is 3. The average molecular weight is 384 g/mol. The zero-order valence-electron chi connectivity index (χ0n) is 13.3. The van der Waals surface area contributed by atoms with Gasteiger partial charge in [-0.15, -0.1) is 0 Å². The maximum atomic E-state index is 11.7. The van der Waals surface area contributed by atoms with Crippen LogP contribution in [0.1, 0.15) is 45.4 Å². The third-order valence-electron chi connectivity index (χ3n) is 5.17. The standard InChI is InChI=1S/C20H18BrNO2/c1-11-8-9-16(20(23)24)17-14-6-3-7-15(14)19(22-18(11)17)12-4-2-5-13(21)10-12/h2-6,8-10,14-15,19,22H,7H2,1H3,(H,23,24)/t14-,15+,19+/m1/s1. The van der Waals surface area contributed by atoms with E-state index in [1.807, 2.05) is 19.1 Å². The van der Waals surface area contributed by atoms with Crippen molar-refractivity contribution in [1.82, 2.24) is 0 Å². The van der Waals surface area contributed by atoms with E-state index in [9.17, 15) is 9.90 Å². The Labute approximate surface area is 149 Å². The van der Waals surface area contributed by atoms with E-state index in [1.54, 1.807) is 6.07 Å².